The third-order valence-electron chi connectivity index (χ3n) is 9.33. The number of piperidine rings is 1. The number of anilines is 1. The van der Waals surface area contributed by atoms with Crippen LogP contribution < -0.4 is 10.6 Å². The van der Waals surface area contributed by atoms with Crippen molar-refractivity contribution in [3.8, 4) is 22.4 Å². The van der Waals surface area contributed by atoms with Gasteiger partial charge in [0.2, 0.25) is 5.91 Å². The largest absolute Gasteiger partial charge is 0.383 e. The number of hydrogen-bond donors (Lipinski definition) is 2. The first-order valence-electron chi connectivity index (χ1n) is 16.5. The number of halogens is 3. The highest BCUT2D eigenvalue weighted by Gasteiger charge is 2.31. The van der Waals surface area contributed by atoms with Crippen LogP contribution in [0, 0.1) is 24.5 Å². The Hall–Kier alpha value is -4.66. The quantitative estimate of drug-likeness (QED) is 0.265. The molecule has 264 valence electrons. The van der Waals surface area contributed by atoms with Crippen LogP contribution in [0.4, 0.5) is 14.5 Å². The number of carbonyl (C=O) groups excluding carboxylic acids is 3. The molecule has 2 aromatic carbocycles. The first-order valence-corrected chi connectivity index (χ1v) is 16.9. The van der Waals surface area contributed by atoms with Gasteiger partial charge in [0, 0.05) is 74.8 Å². The normalized spacial score (nSPS) is 15.4. The van der Waals surface area contributed by atoms with E-state index in [0.29, 0.717) is 56.3 Å². The molecule has 0 atom stereocenters. The van der Waals surface area contributed by atoms with Crippen molar-refractivity contribution in [3.05, 3.63) is 76.5 Å². The fourth-order valence-corrected chi connectivity index (χ4v) is 6.75. The molecule has 0 bridgehead atoms. The lowest BCUT2D eigenvalue weighted by atomic mass is 9.96. The molecule has 6 rings (SSSR count). The summed E-state index contributed by atoms with van der Waals surface area (Å²) in [5, 5.41) is 10.5. The van der Waals surface area contributed by atoms with E-state index >= 15 is 8.78 Å². The van der Waals surface area contributed by atoms with Crippen LogP contribution in [0.1, 0.15) is 39.5 Å². The highest BCUT2D eigenvalue weighted by molar-refractivity contribution is 6.34. The van der Waals surface area contributed by atoms with Crippen molar-refractivity contribution in [2.75, 3.05) is 58.3 Å². The van der Waals surface area contributed by atoms with Crippen LogP contribution in [-0.2, 0) is 23.1 Å². The van der Waals surface area contributed by atoms with Crippen molar-refractivity contribution >= 4 is 35.0 Å². The molecular formula is C35H39ClF2N8O4. The van der Waals surface area contributed by atoms with Gasteiger partial charge >= 0.3 is 0 Å². The Labute approximate surface area is 293 Å². The highest BCUT2D eigenvalue weighted by atomic mass is 35.5. The van der Waals surface area contributed by atoms with Crippen molar-refractivity contribution < 1.29 is 27.9 Å². The number of rotatable bonds is 9. The van der Waals surface area contributed by atoms with Crippen molar-refractivity contribution in [1.29, 1.82) is 0 Å². The third-order valence-corrected chi connectivity index (χ3v) is 9.65. The second-order valence-electron chi connectivity index (χ2n) is 12.5. The highest BCUT2D eigenvalue weighted by Crippen LogP contribution is 2.33. The number of nitrogens with one attached hydrogen (secondary N) is 2. The number of amides is 3. The number of carbonyl (C=O) groups is 3. The Bertz CT molecular complexity index is 1910. The van der Waals surface area contributed by atoms with E-state index < -0.39 is 17.5 Å². The van der Waals surface area contributed by atoms with Gasteiger partial charge in [-0.25, -0.2) is 13.8 Å². The third kappa shape index (κ3) is 7.14. The summed E-state index contributed by atoms with van der Waals surface area (Å²) in [7, 11) is 3.10. The SMILES string of the molecule is COCCn1cc(-c2ccc(-c3cnc(C(=O)Nc4ccc(C(=O)N5CCN(C(=O)C6CCNCC6)CC5)c(Cl)c4)n3C)c(F)c2F)c(C)n1. The summed E-state index contributed by atoms with van der Waals surface area (Å²) in [6, 6.07) is 7.50. The van der Waals surface area contributed by atoms with Gasteiger partial charge in [0.25, 0.3) is 11.8 Å². The number of hydrogen-bond acceptors (Lipinski definition) is 7. The smallest absolute Gasteiger partial charge is 0.291 e. The Morgan fingerprint density at radius 1 is 1.00 bits per heavy atom. The van der Waals surface area contributed by atoms with Crippen molar-refractivity contribution in [2.45, 2.75) is 26.3 Å². The molecule has 2 saturated heterocycles. The lowest BCUT2D eigenvalue weighted by molar-refractivity contribution is -0.137. The van der Waals surface area contributed by atoms with E-state index in [1.807, 2.05) is 4.90 Å². The maximum atomic E-state index is 15.5. The summed E-state index contributed by atoms with van der Waals surface area (Å²) < 4.78 is 39.0. The molecule has 2 aliphatic heterocycles. The molecule has 3 amide bonds. The fraction of sp³-hybridized carbons (Fsp3) is 0.400. The number of methoxy groups -OCH3 is 1. The molecule has 0 aliphatic carbocycles. The second kappa shape index (κ2) is 15.1. The van der Waals surface area contributed by atoms with Gasteiger partial charge < -0.3 is 29.7 Å². The average Bonchev–Trinajstić information content (AvgIpc) is 3.69. The maximum Gasteiger partial charge on any atom is 0.291 e. The number of imidazole rings is 1. The maximum absolute atomic E-state index is 15.5. The monoisotopic (exact) mass is 708 g/mol. The van der Waals surface area contributed by atoms with Gasteiger partial charge in [-0.1, -0.05) is 17.7 Å². The average molecular weight is 709 g/mol. The summed E-state index contributed by atoms with van der Waals surface area (Å²) in [5.74, 6) is -2.86. The van der Waals surface area contributed by atoms with Crippen LogP contribution in [0.15, 0.2) is 42.7 Å². The molecular weight excluding hydrogens is 670 g/mol. The van der Waals surface area contributed by atoms with Gasteiger partial charge in [0.05, 0.1) is 41.3 Å². The minimum Gasteiger partial charge on any atom is -0.383 e. The van der Waals surface area contributed by atoms with Crippen LogP contribution in [0.25, 0.3) is 22.4 Å². The van der Waals surface area contributed by atoms with Crippen LogP contribution in [0.5, 0.6) is 0 Å². The van der Waals surface area contributed by atoms with E-state index in [1.165, 1.54) is 36.0 Å². The van der Waals surface area contributed by atoms with Crippen LogP contribution in [0.3, 0.4) is 0 Å². The fourth-order valence-electron chi connectivity index (χ4n) is 6.49. The van der Waals surface area contributed by atoms with E-state index in [-0.39, 0.29) is 51.0 Å². The van der Waals surface area contributed by atoms with Gasteiger partial charge in [0.1, 0.15) is 0 Å². The van der Waals surface area contributed by atoms with E-state index in [0.717, 1.165) is 25.9 Å². The number of piperazine rings is 1. The van der Waals surface area contributed by atoms with Gasteiger partial charge in [-0.2, -0.15) is 5.10 Å². The molecule has 12 nitrogen and oxygen atoms in total. The Morgan fingerprint density at radius 3 is 2.38 bits per heavy atom. The number of aryl methyl sites for hydroxylation is 1. The lowest BCUT2D eigenvalue weighted by Crippen LogP contribution is -2.52. The van der Waals surface area contributed by atoms with Gasteiger partial charge in [0.15, 0.2) is 17.5 Å². The topological polar surface area (TPSA) is 127 Å². The molecule has 0 unspecified atom stereocenters. The summed E-state index contributed by atoms with van der Waals surface area (Å²) in [6.07, 6.45) is 4.60. The van der Waals surface area contributed by atoms with Crippen molar-refractivity contribution in [2.24, 2.45) is 13.0 Å². The van der Waals surface area contributed by atoms with Crippen LogP contribution >= 0.6 is 11.6 Å². The summed E-state index contributed by atoms with van der Waals surface area (Å²) >= 11 is 6.51. The number of nitrogens with zero attached hydrogens (tertiary/aromatic N) is 6. The zero-order valence-corrected chi connectivity index (χ0v) is 28.9. The molecule has 2 aliphatic rings. The Morgan fingerprint density at radius 2 is 1.68 bits per heavy atom. The van der Waals surface area contributed by atoms with Gasteiger partial charge in [-0.3, -0.25) is 19.1 Å². The zero-order valence-electron chi connectivity index (χ0n) is 28.1. The predicted octanol–water partition coefficient (Wildman–Crippen LogP) is 4.37. The van der Waals surface area contributed by atoms with Crippen molar-refractivity contribution in [1.82, 2.24) is 34.4 Å². The second-order valence-corrected chi connectivity index (χ2v) is 12.9. The molecule has 4 heterocycles. The number of benzene rings is 2. The Kier molecular flexibility index (Phi) is 10.6. The summed E-state index contributed by atoms with van der Waals surface area (Å²) in [5.41, 5.74) is 1.80. The van der Waals surface area contributed by atoms with E-state index in [1.54, 1.807) is 41.9 Å². The summed E-state index contributed by atoms with van der Waals surface area (Å²) in [6.45, 7) is 6.02. The molecule has 15 heteroatoms. The van der Waals surface area contributed by atoms with Gasteiger partial charge in [-0.05, 0) is 57.1 Å². The Balaban J connectivity index is 1.10. The molecule has 50 heavy (non-hydrogen) atoms. The number of ether oxygens (including phenoxy) is 1. The molecule has 2 N–H and O–H groups in total. The van der Waals surface area contributed by atoms with Crippen LogP contribution in [0.2, 0.25) is 5.02 Å². The molecule has 2 fully saturated rings. The standard InChI is InChI=1S/C35H39ClF2N8O4/c1-21-27(20-46(42-21)16-17-50-3)24-6-7-26(31(38)30(24)37)29-19-40-32(43(29)2)33(47)41-23-4-5-25(28(36)18-23)35(49)45-14-12-44(13-15-45)34(48)22-8-10-39-11-9-22/h4-7,18-20,22,39H,8-17H2,1-3H3,(H,41,47). The van der Waals surface area contributed by atoms with Crippen molar-refractivity contribution in [3.63, 3.8) is 0 Å². The lowest BCUT2D eigenvalue weighted by Gasteiger charge is -2.37. The zero-order chi connectivity index (χ0) is 35.5. The van der Waals surface area contributed by atoms with E-state index in [2.05, 4.69) is 20.7 Å². The minimum absolute atomic E-state index is 0.0298. The van der Waals surface area contributed by atoms with E-state index in [9.17, 15) is 14.4 Å². The predicted molar refractivity (Wildman–Crippen MR) is 184 cm³/mol. The molecule has 0 spiro atoms. The molecule has 0 saturated carbocycles. The molecule has 2 aromatic heterocycles. The first-order chi connectivity index (χ1) is 24.1. The summed E-state index contributed by atoms with van der Waals surface area (Å²) in [4.78, 5) is 47.1. The molecule has 0 radical (unpaired) electrons. The molecule has 4 aromatic rings. The van der Waals surface area contributed by atoms with Gasteiger partial charge in [-0.15, -0.1) is 0 Å². The minimum atomic E-state index is -1.08. The van der Waals surface area contributed by atoms with E-state index in [4.69, 9.17) is 16.3 Å². The number of aromatic nitrogens is 4. The first kappa shape index (κ1) is 35.2. The van der Waals surface area contributed by atoms with Crippen LogP contribution in [-0.4, -0.2) is 99.8 Å².